The van der Waals surface area contributed by atoms with E-state index in [1.54, 1.807) is 0 Å². The second-order valence-corrected chi connectivity index (χ2v) is 5.58. The second-order valence-electron chi connectivity index (χ2n) is 3.93. The summed E-state index contributed by atoms with van der Waals surface area (Å²) in [6.45, 7) is 0. The molecule has 21 heavy (non-hydrogen) atoms. The van der Waals surface area contributed by atoms with Crippen LogP contribution in [0.1, 0.15) is 0 Å². The van der Waals surface area contributed by atoms with Gasteiger partial charge in [0.25, 0.3) is 15.7 Å². The lowest BCUT2D eigenvalue weighted by molar-refractivity contribution is -0.384. The number of hydrogen-bond acceptors (Lipinski definition) is 7. The van der Waals surface area contributed by atoms with Gasteiger partial charge in [0, 0.05) is 30.2 Å². The predicted octanol–water partition coefficient (Wildman–Crippen LogP) is 1.08. The number of nitro groups is 1. The Morgan fingerprint density at radius 3 is 2.43 bits per heavy atom. The molecule has 0 atom stereocenters. The molecule has 0 spiro atoms. The van der Waals surface area contributed by atoms with Crippen molar-refractivity contribution in [2.24, 2.45) is 5.84 Å². The van der Waals surface area contributed by atoms with E-state index >= 15 is 0 Å². The first-order valence-electron chi connectivity index (χ1n) is 5.62. The number of rotatable bonds is 5. The molecule has 2 aromatic rings. The lowest BCUT2D eigenvalue weighted by atomic mass is 10.3. The molecule has 0 aliphatic heterocycles. The summed E-state index contributed by atoms with van der Waals surface area (Å²) in [7, 11) is -3.91. The zero-order valence-electron chi connectivity index (χ0n) is 10.6. The van der Waals surface area contributed by atoms with Gasteiger partial charge in [-0.15, -0.1) is 0 Å². The van der Waals surface area contributed by atoms with Gasteiger partial charge < -0.3 is 5.43 Å². The zero-order valence-corrected chi connectivity index (χ0v) is 11.4. The fourth-order valence-electron chi connectivity index (χ4n) is 1.57. The van der Waals surface area contributed by atoms with Crippen LogP contribution in [-0.4, -0.2) is 18.3 Å². The van der Waals surface area contributed by atoms with Crippen molar-refractivity contribution in [3.63, 3.8) is 0 Å². The van der Waals surface area contributed by atoms with Gasteiger partial charge in [0.1, 0.15) is 4.90 Å². The molecule has 0 saturated carbocycles. The van der Waals surface area contributed by atoms with Crippen molar-refractivity contribution in [2.45, 2.75) is 4.90 Å². The highest BCUT2D eigenvalue weighted by Gasteiger charge is 2.19. The summed E-state index contributed by atoms with van der Waals surface area (Å²) < 4.78 is 26.7. The Hall–Kier alpha value is -2.72. The van der Waals surface area contributed by atoms with Gasteiger partial charge in [-0.05, 0) is 18.2 Å². The number of sulfonamides is 1. The molecule has 0 radical (unpaired) electrons. The van der Waals surface area contributed by atoms with Gasteiger partial charge in [-0.25, -0.2) is 8.42 Å². The molecule has 9 nitrogen and oxygen atoms in total. The predicted molar refractivity (Wildman–Crippen MR) is 76.0 cm³/mol. The van der Waals surface area contributed by atoms with Crippen molar-refractivity contribution in [2.75, 3.05) is 10.1 Å². The summed E-state index contributed by atoms with van der Waals surface area (Å²) in [6.07, 6.45) is 2.53. The highest BCUT2D eigenvalue weighted by Crippen LogP contribution is 2.23. The molecule has 0 bridgehead atoms. The first-order valence-corrected chi connectivity index (χ1v) is 7.10. The van der Waals surface area contributed by atoms with Gasteiger partial charge in [-0.3, -0.25) is 25.7 Å². The van der Waals surface area contributed by atoms with E-state index in [-0.39, 0.29) is 22.0 Å². The first-order chi connectivity index (χ1) is 9.94. The number of benzene rings is 1. The van der Waals surface area contributed by atoms with Crippen molar-refractivity contribution in [1.82, 2.24) is 4.98 Å². The van der Waals surface area contributed by atoms with Gasteiger partial charge in [0.2, 0.25) is 0 Å². The average molecular weight is 309 g/mol. The molecule has 10 heteroatoms. The van der Waals surface area contributed by atoms with Gasteiger partial charge >= 0.3 is 0 Å². The molecule has 1 aromatic heterocycles. The number of non-ortho nitro benzene ring substituents is 1. The van der Waals surface area contributed by atoms with E-state index in [9.17, 15) is 18.5 Å². The molecule has 0 aliphatic carbocycles. The monoisotopic (exact) mass is 309 g/mol. The Bertz CT molecular complexity index is 760. The maximum atomic E-state index is 12.2. The molecule has 1 aromatic carbocycles. The van der Waals surface area contributed by atoms with Crippen molar-refractivity contribution < 1.29 is 13.3 Å². The summed E-state index contributed by atoms with van der Waals surface area (Å²) in [4.78, 5) is 13.6. The third kappa shape index (κ3) is 3.24. The molecule has 2 rings (SSSR count). The van der Waals surface area contributed by atoms with E-state index in [4.69, 9.17) is 5.84 Å². The van der Waals surface area contributed by atoms with E-state index in [0.29, 0.717) is 0 Å². The highest BCUT2D eigenvalue weighted by atomic mass is 32.2. The van der Waals surface area contributed by atoms with E-state index in [1.165, 1.54) is 36.5 Å². The van der Waals surface area contributed by atoms with Crippen molar-refractivity contribution in [1.29, 1.82) is 0 Å². The van der Waals surface area contributed by atoms with Crippen molar-refractivity contribution >= 4 is 27.1 Å². The number of nitrogens with zero attached hydrogens (tertiary/aromatic N) is 2. The Morgan fingerprint density at radius 1 is 1.19 bits per heavy atom. The number of nitro benzene ring substituents is 1. The molecule has 0 saturated heterocycles. The second kappa shape index (κ2) is 5.73. The molecule has 110 valence electrons. The number of hydrogen-bond donors (Lipinski definition) is 3. The van der Waals surface area contributed by atoms with E-state index in [1.807, 2.05) is 0 Å². The Labute approximate surface area is 120 Å². The minimum atomic E-state index is -3.91. The third-order valence-electron chi connectivity index (χ3n) is 2.56. The molecule has 4 N–H and O–H groups in total. The van der Waals surface area contributed by atoms with E-state index in [0.717, 1.165) is 6.20 Å². The third-order valence-corrected chi connectivity index (χ3v) is 3.97. The van der Waals surface area contributed by atoms with E-state index in [2.05, 4.69) is 15.1 Å². The minimum Gasteiger partial charge on any atom is -0.323 e. The summed E-state index contributed by atoms with van der Waals surface area (Å²) in [5.74, 6) is 5.25. The summed E-state index contributed by atoms with van der Waals surface area (Å²) in [5.41, 5.74) is 2.49. The number of nitrogens with one attached hydrogen (secondary N) is 2. The SMILES string of the molecule is NNc1ccncc1S(=O)(=O)Nc1ccc([N+](=O)[O-])cc1. The van der Waals surface area contributed by atoms with Gasteiger partial charge in [-0.1, -0.05) is 0 Å². The molecule has 0 fully saturated rings. The number of nitrogens with two attached hydrogens (primary N) is 1. The van der Waals surface area contributed by atoms with Gasteiger partial charge in [-0.2, -0.15) is 0 Å². The quantitative estimate of drug-likeness (QED) is 0.426. The standard InChI is InChI=1S/C11H11N5O4S/c12-14-10-5-6-13-7-11(10)21(19,20)15-8-1-3-9(4-2-8)16(17)18/h1-7,15H,12H2,(H,13,14). The number of aromatic nitrogens is 1. The summed E-state index contributed by atoms with van der Waals surface area (Å²) in [5, 5.41) is 10.5. The summed E-state index contributed by atoms with van der Waals surface area (Å²) >= 11 is 0. The number of nitrogen functional groups attached to an aromatic ring is 1. The number of hydrazine groups is 1. The average Bonchev–Trinajstić information content (AvgIpc) is 2.47. The van der Waals surface area contributed by atoms with Crippen molar-refractivity contribution in [3.05, 3.63) is 52.8 Å². The van der Waals surface area contributed by atoms with Crippen LogP contribution in [0, 0.1) is 10.1 Å². The Kier molecular flexibility index (Phi) is 4.00. The van der Waals surface area contributed by atoms with Crippen LogP contribution in [0.3, 0.4) is 0 Å². The smallest absolute Gasteiger partial charge is 0.269 e. The van der Waals surface area contributed by atoms with Crippen LogP contribution in [0.5, 0.6) is 0 Å². The van der Waals surface area contributed by atoms with Crippen LogP contribution >= 0.6 is 0 Å². The topological polar surface area (TPSA) is 140 Å². The van der Waals surface area contributed by atoms with Crippen molar-refractivity contribution in [3.8, 4) is 0 Å². The molecular weight excluding hydrogens is 298 g/mol. The van der Waals surface area contributed by atoms with Crippen LogP contribution in [-0.2, 0) is 10.0 Å². The largest absolute Gasteiger partial charge is 0.323 e. The lowest BCUT2D eigenvalue weighted by Gasteiger charge is -2.11. The van der Waals surface area contributed by atoms with Crippen LogP contribution in [0.15, 0.2) is 47.6 Å². The van der Waals surface area contributed by atoms with Gasteiger partial charge in [0.15, 0.2) is 0 Å². The number of anilines is 2. The molecule has 1 heterocycles. The molecular formula is C11H11N5O4S. The maximum absolute atomic E-state index is 12.2. The summed E-state index contributed by atoms with van der Waals surface area (Å²) in [6, 6.07) is 6.39. The van der Waals surface area contributed by atoms with Gasteiger partial charge in [0.05, 0.1) is 10.6 Å². The normalized spacial score (nSPS) is 10.9. The molecule has 0 amide bonds. The Morgan fingerprint density at radius 2 is 1.86 bits per heavy atom. The number of pyridine rings is 1. The molecule has 0 aliphatic rings. The lowest BCUT2D eigenvalue weighted by Crippen LogP contribution is -2.17. The fourth-order valence-corrected chi connectivity index (χ4v) is 2.75. The van der Waals surface area contributed by atoms with E-state index < -0.39 is 14.9 Å². The highest BCUT2D eigenvalue weighted by molar-refractivity contribution is 7.92. The maximum Gasteiger partial charge on any atom is 0.269 e. The van der Waals surface area contributed by atoms with Crippen LogP contribution in [0.25, 0.3) is 0 Å². The minimum absolute atomic E-state index is 0.133. The fraction of sp³-hybridized carbons (Fsp3) is 0. The zero-order chi connectivity index (χ0) is 15.5. The first kappa shape index (κ1) is 14.7. The van der Waals surface area contributed by atoms with Crippen LogP contribution in [0.2, 0.25) is 0 Å². The van der Waals surface area contributed by atoms with Crippen LogP contribution < -0.4 is 16.0 Å². The van der Waals surface area contributed by atoms with Crippen LogP contribution in [0.4, 0.5) is 17.1 Å². The molecule has 0 unspecified atom stereocenters. The Balaban J connectivity index is 2.31.